The van der Waals surface area contributed by atoms with E-state index in [4.69, 9.17) is 14.0 Å². The Morgan fingerprint density at radius 2 is 2.27 bits per heavy atom. The van der Waals surface area contributed by atoms with Crippen molar-refractivity contribution in [1.82, 2.24) is 15.1 Å². The first-order valence-corrected chi connectivity index (χ1v) is 8.11. The van der Waals surface area contributed by atoms with Gasteiger partial charge in [-0.3, -0.25) is 4.98 Å². The molecular weight excluding hydrogens is 334 g/mol. The van der Waals surface area contributed by atoms with Crippen LogP contribution in [0.15, 0.2) is 53.3 Å². The van der Waals surface area contributed by atoms with Gasteiger partial charge >= 0.3 is 5.97 Å². The van der Waals surface area contributed by atoms with Crippen LogP contribution in [0.3, 0.4) is 0 Å². The molecule has 0 fully saturated rings. The first-order valence-electron chi connectivity index (χ1n) is 8.11. The standard InChI is InChI=1S/C19H15N3O4/c23-18(6-4-13-3-5-16-14(10-13)7-9-24-16)25-12-17-21-19(22-26-17)15-2-1-8-20-11-15/h1-6,8,10-11H,7,9,12H2/b6-4+. The van der Waals surface area contributed by atoms with Gasteiger partial charge in [-0.1, -0.05) is 11.2 Å². The number of benzene rings is 1. The van der Waals surface area contributed by atoms with E-state index in [1.54, 1.807) is 24.5 Å². The molecule has 1 aliphatic rings. The van der Waals surface area contributed by atoms with Crippen LogP contribution in [-0.2, 0) is 22.6 Å². The Hall–Kier alpha value is -3.48. The molecule has 0 N–H and O–H groups in total. The van der Waals surface area contributed by atoms with E-state index in [1.165, 1.54) is 6.08 Å². The summed E-state index contributed by atoms with van der Waals surface area (Å²) in [5.41, 5.74) is 2.80. The van der Waals surface area contributed by atoms with E-state index in [0.29, 0.717) is 12.4 Å². The van der Waals surface area contributed by atoms with Gasteiger partial charge in [0, 0.05) is 30.5 Å². The third-order valence-corrected chi connectivity index (χ3v) is 3.85. The summed E-state index contributed by atoms with van der Waals surface area (Å²) in [6.07, 6.45) is 7.25. The van der Waals surface area contributed by atoms with E-state index < -0.39 is 5.97 Å². The lowest BCUT2D eigenvalue weighted by Crippen LogP contribution is -2.01. The first kappa shape index (κ1) is 16.0. The molecule has 26 heavy (non-hydrogen) atoms. The van der Waals surface area contributed by atoms with Crippen molar-refractivity contribution in [2.45, 2.75) is 13.0 Å². The minimum Gasteiger partial charge on any atom is -0.493 e. The summed E-state index contributed by atoms with van der Waals surface area (Å²) < 4.78 is 15.7. The average Bonchev–Trinajstić information content (AvgIpc) is 3.34. The lowest BCUT2D eigenvalue weighted by Gasteiger charge is -2.00. The zero-order valence-electron chi connectivity index (χ0n) is 13.8. The van der Waals surface area contributed by atoms with Crippen molar-refractivity contribution in [1.29, 1.82) is 0 Å². The van der Waals surface area contributed by atoms with Crippen LogP contribution in [0.5, 0.6) is 5.75 Å². The Bertz CT molecular complexity index is 950. The molecule has 0 aliphatic carbocycles. The van der Waals surface area contributed by atoms with Gasteiger partial charge in [-0.2, -0.15) is 4.98 Å². The molecule has 0 atom stereocenters. The molecular formula is C19H15N3O4. The second-order valence-electron chi connectivity index (χ2n) is 5.66. The van der Waals surface area contributed by atoms with Gasteiger partial charge in [-0.25, -0.2) is 4.79 Å². The van der Waals surface area contributed by atoms with Gasteiger partial charge in [0.15, 0.2) is 6.61 Å². The van der Waals surface area contributed by atoms with Gasteiger partial charge in [-0.15, -0.1) is 0 Å². The third-order valence-electron chi connectivity index (χ3n) is 3.85. The molecule has 0 radical (unpaired) electrons. The van der Waals surface area contributed by atoms with Gasteiger partial charge in [0.1, 0.15) is 5.75 Å². The van der Waals surface area contributed by atoms with Crippen LogP contribution in [0, 0.1) is 0 Å². The van der Waals surface area contributed by atoms with Gasteiger partial charge in [-0.05, 0) is 41.5 Å². The molecule has 0 saturated heterocycles. The molecule has 7 nitrogen and oxygen atoms in total. The van der Waals surface area contributed by atoms with E-state index in [2.05, 4.69) is 15.1 Å². The van der Waals surface area contributed by atoms with Crippen LogP contribution >= 0.6 is 0 Å². The maximum atomic E-state index is 11.9. The number of esters is 1. The number of carbonyl (C=O) groups is 1. The maximum absolute atomic E-state index is 11.9. The fourth-order valence-corrected chi connectivity index (χ4v) is 2.58. The number of hydrogen-bond donors (Lipinski definition) is 0. The highest BCUT2D eigenvalue weighted by Gasteiger charge is 2.12. The molecule has 0 spiro atoms. The third kappa shape index (κ3) is 3.61. The fourth-order valence-electron chi connectivity index (χ4n) is 2.58. The summed E-state index contributed by atoms with van der Waals surface area (Å²) in [5.74, 6) is 1.05. The average molecular weight is 349 g/mol. The van der Waals surface area contributed by atoms with Gasteiger partial charge in [0.25, 0.3) is 5.89 Å². The Morgan fingerprint density at radius 1 is 1.31 bits per heavy atom. The monoisotopic (exact) mass is 349 g/mol. The van der Waals surface area contributed by atoms with E-state index >= 15 is 0 Å². The highest BCUT2D eigenvalue weighted by molar-refractivity contribution is 5.87. The highest BCUT2D eigenvalue weighted by Crippen LogP contribution is 2.26. The second kappa shape index (κ2) is 7.18. The Kier molecular flexibility index (Phi) is 4.42. The minimum atomic E-state index is -0.483. The number of fused-ring (bicyclic) bond motifs is 1. The van der Waals surface area contributed by atoms with E-state index in [-0.39, 0.29) is 12.5 Å². The molecule has 1 aromatic carbocycles. The van der Waals surface area contributed by atoms with Crippen LogP contribution in [-0.4, -0.2) is 27.7 Å². The van der Waals surface area contributed by atoms with Gasteiger partial charge in [0.05, 0.1) is 6.61 Å². The molecule has 0 unspecified atom stereocenters. The first-order chi connectivity index (χ1) is 12.8. The molecule has 1 aliphatic heterocycles. The molecule has 130 valence electrons. The topological polar surface area (TPSA) is 87.3 Å². The zero-order chi connectivity index (χ0) is 17.8. The van der Waals surface area contributed by atoms with Crippen molar-refractivity contribution in [2.75, 3.05) is 6.61 Å². The van der Waals surface area contributed by atoms with Crippen LogP contribution in [0.4, 0.5) is 0 Å². The van der Waals surface area contributed by atoms with Crippen LogP contribution in [0.2, 0.25) is 0 Å². The predicted octanol–water partition coefficient (Wildman–Crippen LogP) is 2.82. The predicted molar refractivity (Wildman–Crippen MR) is 92.0 cm³/mol. The summed E-state index contributed by atoms with van der Waals surface area (Å²) >= 11 is 0. The number of rotatable bonds is 5. The smallest absolute Gasteiger partial charge is 0.331 e. The molecule has 3 aromatic rings. The summed E-state index contributed by atoms with van der Waals surface area (Å²) in [4.78, 5) is 20.0. The molecule has 4 rings (SSSR count). The number of hydrogen-bond acceptors (Lipinski definition) is 7. The van der Waals surface area contributed by atoms with E-state index in [9.17, 15) is 4.79 Å². The molecule has 0 saturated carbocycles. The van der Waals surface area contributed by atoms with Crippen LogP contribution in [0.25, 0.3) is 17.5 Å². The molecule has 3 heterocycles. The number of nitrogens with zero attached hydrogens (tertiary/aromatic N) is 3. The largest absolute Gasteiger partial charge is 0.493 e. The summed E-state index contributed by atoms with van der Waals surface area (Å²) in [6.45, 7) is 0.615. The minimum absolute atomic E-state index is 0.0888. The van der Waals surface area contributed by atoms with Crippen molar-refractivity contribution >= 4 is 12.0 Å². The van der Waals surface area contributed by atoms with Gasteiger partial charge < -0.3 is 14.0 Å². The quantitative estimate of drug-likeness (QED) is 0.517. The lowest BCUT2D eigenvalue weighted by atomic mass is 10.1. The van der Waals surface area contributed by atoms with Crippen molar-refractivity contribution in [3.8, 4) is 17.1 Å². The Labute approximate surface area is 149 Å². The summed E-state index contributed by atoms with van der Waals surface area (Å²) in [5, 5.41) is 3.84. The van der Waals surface area contributed by atoms with E-state index in [1.807, 2.05) is 24.3 Å². The fraction of sp³-hybridized carbons (Fsp3) is 0.158. The summed E-state index contributed by atoms with van der Waals surface area (Å²) in [6, 6.07) is 9.40. The van der Waals surface area contributed by atoms with Crippen LogP contribution in [0.1, 0.15) is 17.0 Å². The van der Waals surface area contributed by atoms with Crippen molar-refractivity contribution in [3.05, 3.63) is 65.8 Å². The van der Waals surface area contributed by atoms with Crippen molar-refractivity contribution in [2.24, 2.45) is 0 Å². The molecule has 0 amide bonds. The van der Waals surface area contributed by atoms with Gasteiger partial charge in [0.2, 0.25) is 5.82 Å². The summed E-state index contributed by atoms with van der Waals surface area (Å²) in [7, 11) is 0. The number of pyridine rings is 1. The number of aromatic nitrogens is 3. The normalized spacial score (nSPS) is 12.8. The molecule has 0 bridgehead atoms. The second-order valence-corrected chi connectivity index (χ2v) is 5.66. The SMILES string of the molecule is O=C(/C=C/c1ccc2c(c1)CCO2)OCc1nc(-c2cccnc2)no1. The lowest BCUT2D eigenvalue weighted by molar-refractivity contribution is -0.139. The highest BCUT2D eigenvalue weighted by atomic mass is 16.6. The molecule has 2 aromatic heterocycles. The number of carbonyl (C=O) groups excluding carboxylic acids is 1. The van der Waals surface area contributed by atoms with Crippen molar-refractivity contribution < 1.29 is 18.8 Å². The zero-order valence-corrected chi connectivity index (χ0v) is 13.8. The van der Waals surface area contributed by atoms with Crippen LogP contribution < -0.4 is 4.74 Å². The molecule has 7 heteroatoms. The Balaban J connectivity index is 1.33. The van der Waals surface area contributed by atoms with Crippen molar-refractivity contribution in [3.63, 3.8) is 0 Å². The maximum Gasteiger partial charge on any atom is 0.331 e. The number of ether oxygens (including phenoxy) is 2. The van der Waals surface area contributed by atoms with E-state index in [0.717, 1.165) is 28.9 Å². The Morgan fingerprint density at radius 3 is 3.15 bits per heavy atom.